The molecule has 10 nitrogen and oxygen atoms in total. The Labute approximate surface area is 201 Å². The van der Waals surface area contributed by atoms with Crippen molar-refractivity contribution < 1.29 is 47.6 Å². The molecule has 3 unspecified atom stereocenters. The van der Waals surface area contributed by atoms with E-state index in [1.165, 1.54) is 13.8 Å². The molecule has 34 heavy (non-hydrogen) atoms. The first kappa shape index (κ1) is 27.0. The van der Waals surface area contributed by atoms with Gasteiger partial charge in [-0.1, -0.05) is 5.92 Å². The van der Waals surface area contributed by atoms with E-state index >= 15 is 0 Å². The van der Waals surface area contributed by atoms with Gasteiger partial charge < -0.3 is 28.4 Å². The van der Waals surface area contributed by atoms with Crippen LogP contribution in [0.25, 0.3) is 0 Å². The molecular weight excluding hydrogens is 468 g/mol. The quantitative estimate of drug-likeness (QED) is 0.313. The molecule has 11 heteroatoms. The SMILES string of the molecule is COc1ccc(C#CS[C@@H]2OC(COC(C)=O)[C@@H](OC(C)=O)C(OC(C)=O)C2OC(C)=O)cc1. The minimum absolute atomic E-state index is 0.291. The van der Waals surface area contributed by atoms with Crippen molar-refractivity contribution in [2.24, 2.45) is 0 Å². The third-order valence-electron chi connectivity index (χ3n) is 4.41. The topological polar surface area (TPSA) is 124 Å². The molecule has 1 fully saturated rings. The summed E-state index contributed by atoms with van der Waals surface area (Å²) in [5.74, 6) is 0.984. The van der Waals surface area contributed by atoms with Gasteiger partial charge in [0.2, 0.25) is 0 Å². The van der Waals surface area contributed by atoms with Crippen LogP contribution in [-0.4, -0.2) is 67.4 Å². The van der Waals surface area contributed by atoms with Gasteiger partial charge in [0, 0.05) is 33.3 Å². The molecule has 1 aliphatic rings. The third kappa shape index (κ3) is 8.28. The van der Waals surface area contributed by atoms with E-state index in [1.54, 1.807) is 31.4 Å². The highest BCUT2D eigenvalue weighted by Gasteiger charge is 2.52. The van der Waals surface area contributed by atoms with E-state index < -0.39 is 53.7 Å². The lowest BCUT2D eigenvalue weighted by Gasteiger charge is -2.43. The summed E-state index contributed by atoms with van der Waals surface area (Å²) < 4.78 is 32.2. The van der Waals surface area contributed by atoms with Crippen molar-refractivity contribution in [2.75, 3.05) is 13.7 Å². The first-order chi connectivity index (χ1) is 16.1. The van der Waals surface area contributed by atoms with Crippen molar-refractivity contribution in [3.8, 4) is 16.9 Å². The smallest absolute Gasteiger partial charge is 0.303 e. The van der Waals surface area contributed by atoms with Gasteiger partial charge in [0.05, 0.1) is 7.11 Å². The second-order valence-corrected chi connectivity index (χ2v) is 8.05. The highest BCUT2D eigenvalue weighted by atomic mass is 32.2. The Hall–Kier alpha value is -3.23. The summed E-state index contributed by atoms with van der Waals surface area (Å²) in [4.78, 5) is 46.8. The van der Waals surface area contributed by atoms with Crippen LogP contribution in [0.3, 0.4) is 0 Å². The van der Waals surface area contributed by atoms with Crippen molar-refractivity contribution >= 4 is 35.6 Å². The van der Waals surface area contributed by atoms with E-state index in [9.17, 15) is 19.2 Å². The lowest BCUT2D eigenvalue weighted by molar-refractivity contribution is -0.237. The van der Waals surface area contributed by atoms with Crippen molar-refractivity contribution in [1.82, 2.24) is 0 Å². The van der Waals surface area contributed by atoms with Gasteiger partial charge in [0.1, 0.15) is 18.5 Å². The molecule has 1 heterocycles. The number of carbonyl (C=O) groups is 4. The molecule has 0 radical (unpaired) electrons. The molecule has 0 aromatic heterocycles. The summed E-state index contributed by atoms with van der Waals surface area (Å²) in [5, 5.41) is 2.88. The Morgan fingerprint density at radius 3 is 1.94 bits per heavy atom. The molecule has 0 aliphatic carbocycles. The molecule has 0 saturated carbocycles. The molecule has 0 N–H and O–H groups in total. The predicted octanol–water partition coefficient (Wildman–Crippen LogP) is 1.82. The fourth-order valence-corrected chi connectivity index (χ4v) is 3.94. The zero-order valence-corrected chi connectivity index (χ0v) is 20.2. The fourth-order valence-electron chi connectivity index (χ4n) is 3.10. The van der Waals surface area contributed by atoms with Crippen LogP contribution in [0.4, 0.5) is 0 Å². The van der Waals surface area contributed by atoms with E-state index in [0.29, 0.717) is 11.3 Å². The van der Waals surface area contributed by atoms with Gasteiger partial charge in [-0.25, -0.2) is 0 Å². The van der Waals surface area contributed by atoms with Crippen LogP contribution < -0.4 is 4.74 Å². The predicted molar refractivity (Wildman–Crippen MR) is 119 cm³/mol. The number of methoxy groups -OCH3 is 1. The second kappa shape index (κ2) is 12.9. The highest BCUT2D eigenvalue weighted by molar-refractivity contribution is 8.04. The van der Waals surface area contributed by atoms with Crippen LogP contribution in [0.1, 0.15) is 33.3 Å². The maximum atomic E-state index is 11.8. The lowest BCUT2D eigenvalue weighted by Crippen LogP contribution is -2.61. The van der Waals surface area contributed by atoms with E-state index in [2.05, 4.69) is 11.2 Å². The number of thioether (sulfide) groups is 1. The maximum absolute atomic E-state index is 11.8. The van der Waals surface area contributed by atoms with Crippen LogP contribution >= 0.6 is 11.8 Å². The monoisotopic (exact) mass is 494 g/mol. The van der Waals surface area contributed by atoms with Gasteiger partial charge in [0.25, 0.3) is 0 Å². The van der Waals surface area contributed by atoms with Crippen molar-refractivity contribution in [3.05, 3.63) is 29.8 Å². The second-order valence-electron chi connectivity index (χ2n) is 7.14. The van der Waals surface area contributed by atoms with E-state index in [-0.39, 0.29) is 6.61 Å². The summed E-state index contributed by atoms with van der Waals surface area (Å²) in [6, 6.07) is 7.03. The first-order valence-corrected chi connectivity index (χ1v) is 11.1. The number of ether oxygens (including phenoxy) is 6. The largest absolute Gasteiger partial charge is 0.497 e. The Morgan fingerprint density at radius 1 is 0.853 bits per heavy atom. The molecule has 0 amide bonds. The molecule has 0 spiro atoms. The molecule has 0 bridgehead atoms. The summed E-state index contributed by atoms with van der Waals surface area (Å²) in [5.41, 5.74) is -0.259. The zero-order valence-electron chi connectivity index (χ0n) is 19.4. The van der Waals surface area contributed by atoms with Gasteiger partial charge >= 0.3 is 23.9 Å². The van der Waals surface area contributed by atoms with Crippen LogP contribution in [0.15, 0.2) is 24.3 Å². The molecule has 1 aliphatic heterocycles. The molecule has 1 aromatic carbocycles. The first-order valence-electron chi connectivity index (χ1n) is 10.2. The molecular formula is C23H26O10S. The molecule has 1 saturated heterocycles. The minimum Gasteiger partial charge on any atom is -0.497 e. The average molecular weight is 495 g/mol. The van der Waals surface area contributed by atoms with Crippen LogP contribution in [0.5, 0.6) is 5.75 Å². The van der Waals surface area contributed by atoms with E-state index in [0.717, 1.165) is 25.6 Å². The molecule has 5 atom stereocenters. The number of rotatable bonds is 7. The maximum Gasteiger partial charge on any atom is 0.303 e. The molecule has 184 valence electrons. The Kier molecular flexibility index (Phi) is 10.2. The lowest BCUT2D eigenvalue weighted by atomic mass is 9.99. The van der Waals surface area contributed by atoms with Crippen molar-refractivity contribution in [1.29, 1.82) is 0 Å². The van der Waals surface area contributed by atoms with Gasteiger partial charge in [0.15, 0.2) is 23.7 Å². The summed E-state index contributed by atoms with van der Waals surface area (Å²) in [6.07, 6.45) is -4.59. The highest BCUT2D eigenvalue weighted by Crippen LogP contribution is 2.34. The van der Waals surface area contributed by atoms with Gasteiger partial charge in [-0.15, -0.1) is 0 Å². The van der Waals surface area contributed by atoms with Crippen LogP contribution in [0.2, 0.25) is 0 Å². The number of esters is 4. The summed E-state index contributed by atoms with van der Waals surface area (Å²) in [7, 11) is 1.56. The average Bonchev–Trinajstić information content (AvgIpc) is 2.75. The third-order valence-corrected chi connectivity index (χ3v) is 5.24. The summed E-state index contributed by atoms with van der Waals surface area (Å²) >= 11 is 0.978. The zero-order chi connectivity index (χ0) is 25.3. The standard InChI is InChI=1S/C23H26O10S/c1-13(24)29-12-19-20(30-14(2)25)21(31-15(3)26)22(32-16(4)27)23(33-19)34-11-10-17-6-8-18(28-5)9-7-17/h6-9,19-23H,12H2,1-5H3/t19?,20-,21?,22?,23+/m1/s1. The van der Waals surface area contributed by atoms with Gasteiger partial charge in [-0.05, 0) is 41.3 Å². The normalized spacial score (nSPS) is 23.5. The number of benzene rings is 1. The van der Waals surface area contributed by atoms with Crippen LogP contribution in [0, 0.1) is 11.2 Å². The number of hydrogen-bond donors (Lipinski definition) is 0. The molecule has 1 aromatic rings. The Balaban J connectivity index is 2.36. The Bertz CT molecular complexity index is 949. The van der Waals surface area contributed by atoms with E-state index in [4.69, 9.17) is 28.4 Å². The number of hydrogen-bond acceptors (Lipinski definition) is 11. The fraction of sp³-hybridized carbons (Fsp3) is 0.478. The van der Waals surface area contributed by atoms with E-state index in [1.807, 2.05) is 0 Å². The van der Waals surface area contributed by atoms with Crippen LogP contribution in [-0.2, 0) is 42.9 Å². The van der Waals surface area contributed by atoms with Gasteiger partial charge in [-0.2, -0.15) is 0 Å². The molecule has 2 rings (SSSR count). The van der Waals surface area contributed by atoms with Crippen molar-refractivity contribution in [2.45, 2.75) is 57.5 Å². The minimum atomic E-state index is -1.22. The summed E-state index contributed by atoms with van der Waals surface area (Å²) in [6.45, 7) is 4.43. The van der Waals surface area contributed by atoms with Gasteiger partial charge in [-0.3, -0.25) is 19.2 Å². The Morgan fingerprint density at radius 2 is 1.41 bits per heavy atom. The number of carbonyl (C=O) groups excluding carboxylic acids is 4. The van der Waals surface area contributed by atoms with Crippen molar-refractivity contribution in [3.63, 3.8) is 0 Å².